The van der Waals surface area contributed by atoms with E-state index in [4.69, 9.17) is 16.1 Å². The van der Waals surface area contributed by atoms with Crippen LogP contribution in [0.4, 0.5) is 5.69 Å². The number of halogens is 1. The van der Waals surface area contributed by atoms with Crippen molar-refractivity contribution in [2.45, 2.75) is 26.7 Å². The highest BCUT2D eigenvalue weighted by atomic mass is 35.5. The van der Waals surface area contributed by atoms with E-state index in [1.54, 1.807) is 6.07 Å². The number of benzene rings is 1. The van der Waals surface area contributed by atoms with Crippen LogP contribution in [0, 0.1) is 19.8 Å². The molecule has 3 rings (SSSR count). The van der Waals surface area contributed by atoms with Crippen LogP contribution in [0.25, 0.3) is 0 Å². The number of aryl methyl sites for hydroxylation is 2. The maximum absolute atomic E-state index is 12.0. The lowest BCUT2D eigenvalue weighted by Crippen LogP contribution is -2.32. The summed E-state index contributed by atoms with van der Waals surface area (Å²) in [6, 6.07) is 7.77. The summed E-state index contributed by atoms with van der Waals surface area (Å²) in [6.45, 7) is 6.53. The Kier molecular flexibility index (Phi) is 5.09. The van der Waals surface area contributed by atoms with Gasteiger partial charge in [-0.2, -0.15) is 0 Å². The second-order valence-electron chi connectivity index (χ2n) is 6.44. The number of hydrogen-bond acceptors (Lipinski definition) is 4. The maximum Gasteiger partial charge on any atom is 0.226 e. The van der Waals surface area contributed by atoms with Crippen LogP contribution in [0.15, 0.2) is 28.8 Å². The Hall–Kier alpha value is -2.01. The summed E-state index contributed by atoms with van der Waals surface area (Å²) in [4.78, 5) is 14.4. The summed E-state index contributed by atoms with van der Waals surface area (Å²) in [7, 11) is 0. The number of hydrogen-bond donors (Lipinski definition) is 1. The van der Waals surface area contributed by atoms with E-state index in [1.807, 2.05) is 25.1 Å². The van der Waals surface area contributed by atoms with Crippen LogP contribution in [0.1, 0.15) is 23.4 Å². The largest absolute Gasteiger partial charge is 0.371 e. The number of rotatable bonds is 5. The van der Waals surface area contributed by atoms with Crippen molar-refractivity contribution in [2.75, 3.05) is 24.5 Å². The molecule has 1 aliphatic heterocycles. The Labute approximate surface area is 147 Å². The molecular weight excluding hydrogens is 326 g/mol. The normalized spacial score (nSPS) is 17.3. The van der Waals surface area contributed by atoms with Crippen molar-refractivity contribution in [3.63, 3.8) is 0 Å². The summed E-state index contributed by atoms with van der Waals surface area (Å²) in [5, 5.41) is 7.62. The van der Waals surface area contributed by atoms with E-state index in [2.05, 4.69) is 22.3 Å². The molecule has 1 aromatic heterocycles. The summed E-state index contributed by atoms with van der Waals surface area (Å²) in [5.41, 5.74) is 3.09. The van der Waals surface area contributed by atoms with Gasteiger partial charge in [0.05, 0.1) is 12.1 Å². The molecule has 1 fully saturated rings. The second-order valence-corrected chi connectivity index (χ2v) is 6.88. The molecule has 24 heavy (non-hydrogen) atoms. The number of nitrogens with one attached hydrogen (secondary N) is 1. The molecule has 1 aliphatic rings. The Morgan fingerprint density at radius 1 is 1.42 bits per heavy atom. The lowest BCUT2D eigenvalue weighted by atomic mass is 10.1. The molecule has 0 unspecified atom stereocenters. The maximum atomic E-state index is 12.0. The first-order valence-corrected chi connectivity index (χ1v) is 8.59. The molecule has 1 N–H and O–H groups in total. The summed E-state index contributed by atoms with van der Waals surface area (Å²) in [6.07, 6.45) is 1.33. The first-order valence-electron chi connectivity index (χ1n) is 8.21. The highest BCUT2D eigenvalue weighted by molar-refractivity contribution is 6.30. The van der Waals surface area contributed by atoms with Gasteiger partial charge in [-0.15, -0.1) is 0 Å². The van der Waals surface area contributed by atoms with Gasteiger partial charge in [-0.3, -0.25) is 4.79 Å². The lowest BCUT2D eigenvalue weighted by Gasteiger charge is -2.21. The first-order chi connectivity index (χ1) is 11.5. The fraction of sp³-hybridized carbons (Fsp3) is 0.444. The van der Waals surface area contributed by atoms with E-state index in [1.165, 1.54) is 11.3 Å². The van der Waals surface area contributed by atoms with Crippen LogP contribution in [-0.2, 0) is 11.2 Å². The van der Waals surface area contributed by atoms with Gasteiger partial charge in [0.2, 0.25) is 5.91 Å². The van der Waals surface area contributed by atoms with Crippen LogP contribution in [-0.4, -0.2) is 30.7 Å². The van der Waals surface area contributed by atoms with Crippen LogP contribution in [0.2, 0.25) is 5.02 Å². The third-order valence-electron chi connectivity index (χ3n) is 4.40. The van der Waals surface area contributed by atoms with Gasteiger partial charge in [-0.1, -0.05) is 22.8 Å². The topological polar surface area (TPSA) is 58.4 Å². The molecule has 0 aliphatic carbocycles. The molecule has 5 nitrogen and oxygen atoms in total. The monoisotopic (exact) mass is 347 g/mol. The van der Waals surface area contributed by atoms with Gasteiger partial charge < -0.3 is 14.7 Å². The molecule has 0 radical (unpaired) electrons. The molecule has 2 aromatic rings. The number of nitrogens with zero attached hydrogens (tertiary/aromatic N) is 2. The molecule has 0 saturated carbocycles. The molecule has 1 amide bonds. The Balaban J connectivity index is 1.49. The van der Waals surface area contributed by atoms with Crippen LogP contribution >= 0.6 is 11.6 Å². The second kappa shape index (κ2) is 7.26. The summed E-state index contributed by atoms with van der Waals surface area (Å²) in [5.74, 6) is 1.16. The number of carbonyl (C=O) groups excluding carboxylic acids is 1. The Bertz CT molecular complexity index is 729. The van der Waals surface area contributed by atoms with Crippen molar-refractivity contribution in [1.82, 2.24) is 10.5 Å². The van der Waals surface area contributed by atoms with Gasteiger partial charge in [0, 0.05) is 36.4 Å². The summed E-state index contributed by atoms with van der Waals surface area (Å²) < 4.78 is 4.98. The Morgan fingerprint density at radius 2 is 2.25 bits per heavy atom. The molecule has 1 aromatic carbocycles. The predicted octanol–water partition coefficient (Wildman–Crippen LogP) is 3.13. The smallest absolute Gasteiger partial charge is 0.226 e. The number of aromatic nitrogens is 1. The van der Waals surface area contributed by atoms with Crippen molar-refractivity contribution >= 4 is 23.2 Å². The highest BCUT2D eigenvalue weighted by Crippen LogP contribution is 2.29. The van der Waals surface area contributed by atoms with Gasteiger partial charge in [0.25, 0.3) is 0 Å². The van der Waals surface area contributed by atoms with Crippen molar-refractivity contribution in [3.8, 4) is 0 Å². The van der Waals surface area contributed by atoms with E-state index >= 15 is 0 Å². The molecular formula is C18H22ClN3O2. The van der Waals surface area contributed by atoms with E-state index in [0.29, 0.717) is 18.2 Å². The van der Waals surface area contributed by atoms with E-state index in [0.717, 1.165) is 30.3 Å². The zero-order valence-corrected chi connectivity index (χ0v) is 14.8. The standard InChI is InChI=1S/C18H22ClN3O2/c1-12-3-4-15(19)8-17(12)22-6-5-14(11-22)10-20-18(23)9-16-7-13(2)24-21-16/h3-4,7-8,14H,5-6,9-11H2,1-2H3,(H,20,23)/t14-/m0/s1. The molecule has 0 bridgehead atoms. The zero-order valence-electron chi connectivity index (χ0n) is 14.0. The van der Waals surface area contributed by atoms with Crippen LogP contribution < -0.4 is 10.2 Å². The average molecular weight is 348 g/mol. The van der Waals surface area contributed by atoms with Gasteiger partial charge >= 0.3 is 0 Å². The summed E-state index contributed by atoms with van der Waals surface area (Å²) >= 11 is 6.12. The molecule has 2 heterocycles. The minimum Gasteiger partial charge on any atom is -0.371 e. The van der Waals surface area contributed by atoms with E-state index in [9.17, 15) is 4.79 Å². The quantitative estimate of drug-likeness (QED) is 0.902. The average Bonchev–Trinajstić information content (AvgIpc) is 3.17. The van der Waals surface area contributed by atoms with Gasteiger partial charge in [-0.25, -0.2) is 0 Å². The first kappa shape index (κ1) is 16.8. The fourth-order valence-electron chi connectivity index (χ4n) is 3.13. The third kappa shape index (κ3) is 4.09. The molecule has 1 saturated heterocycles. The SMILES string of the molecule is Cc1cc(CC(=O)NC[C@@H]2CCN(c3cc(Cl)ccc3C)C2)no1. The molecule has 1 atom stereocenters. The van der Waals surface area contributed by atoms with Crippen molar-refractivity contribution < 1.29 is 9.32 Å². The van der Waals surface area contributed by atoms with Crippen molar-refractivity contribution in [1.29, 1.82) is 0 Å². The highest BCUT2D eigenvalue weighted by Gasteiger charge is 2.24. The molecule has 0 spiro atoms. The van der Waals surface area contributed by atoms with E-state index < -0.39 is 0 Å². The predicted molar refractivity (Wildman–Crippen MR) is 94.5 cm³/mol. The minimum absolute atomic E-state index is 0.0133. The van der Waals surface area contributed by atoms with Crippen molar-refractivity contribution in [3.05, 3.63) is 46.3 Å². The van der Waals surface area contributed by atoms with Crippen molar-refractivity contribution in [2.24, 2.45) is 5.92 Å². The van der Waals surface area contributed by atoms with Gasteiger partial charge in [0.15, 0.2) is 0 Å². The van der Waals surface area contributed by atoms with Crippen LogP contribution in [0.3, 0.4) is 0 Å². The van der Waals surface area contributed by atoms with Gasteiger partial charge in [0.1, 0.15) is 5.76 Å². The van der Waals surface area contributed by atoms with Crippen LogP contribution in [0.5, 0.6) is 0 Å². The van der Waals surface area contributed by atoms with E-state index in [-0.39, 0.29) is 12.3 Å². The fourth-order valence-corrected chi connectivity index (χ4v) is 3.29. The molecule has 128 valence electrons. The third-order valence-corrected chi connectivity index (χ3v) is 4.64. The minimum atomic E-state index is -0.0133. The number of carbonyl (C=O) groups is 1. The molecule has 6 heteroatoms. The number of anilines is 1. The van der Waals surface area contributed by atoms with Gasteiger partial charge in [-0.05, 0) is 43.9 Å². The number of amides is 1. The zero-order chi connectivity index (χ0) is 17.1. The Morgan fingerprint density at radius 3 is 3.00 bits per heavy atom. The lowest BCUT2D eigenvalue weighted by molar-refractivity contribution is -0.120.